The molecule has 4 N–H and O–H groups in total. The Kier molecular flexibility index (Phi) is 2.68. The summed E-state index contributed by atoms with van der Waals surface area (Å²) in [6.07, 6.45) is 0. The molecule has 0 atom stereocenters. The fourth-order valence-corrected chi connectivity index (χ4v) is 1.05. The Morgan fingerprint density at radius 2 is 1.79 bits per heavy atom. The first-order valence-electron chi connectivity index (χ1n) is 3.57. The third-order valence-corrected chi connectivity index (χ3v) is 1.63. The van der Waals surface area contributed by atoms with E-state index in [0.717, 1.165) is 6.07 Å². The van der Waals surface area contributed by atoms with Crippen LogP contribution in [-0.4, -0.2) is 27.4 Å². The summed E-state index contributed by atoms with van der Waals surface area (Å²) in [7, 11) is 0. The standard InChI is InChI=1S/C8H7NO5/c10-7(11)4-2-1-3-5(9-14)6(4)8(12)13/h1-3,9,14H,(H,10,11)(H,12,13). The minimum absolute atomic E-state index is 0.155. The number of rotatable bonds is 3. The first-order chi connectivity index (χ1) is 6.57. The van der Waals surface area contributed by atoms with Gasteiger partial charge in [0.25, 0.3) is 0 Å². The van der Waals surface area contributed by atoms with Gasteiger partial charge in [-0.3, -0.25) is 10.7 Å². The second kappa shape index (κ2) is 3.75. The lowest BCUT2D eigenvalue weighted by Gasteiger charge is -2.06. The van der Waals surface area contributed by atoms with Gasteiger partial charge in [-0.1, -0.05) is 6.07 Å². The Hall–Kier alpha value is -2.08. The molecular formula is C8H7NO5. The van der Waals surface area contributed by atoms with Gasteiger partial charge in [-0.2, -0.15) is 0 Å². The van der Waals surface area contributed by atoms with Gasteiger partial charge in [-0.15, -0.1) is 0 Å². The molecule has 1 aromatic carbocycles. The maximum Gasteiger partial charge on any atom is 0.338 e. The van der Waals surface area contributed by atoms with Crippen molar-refractivity contribution in [3.05, 3.63) is 29.3 Å². The van der Waals surface area contributed by atoms with Gasteiger partial charge in [-0.25, -0.2) is 9.59 Å². The summed E-state index contributed by atoms with van der Waals surface area (Å²) in [6.45, 7) is 0. The molecular weight excluding hydrogens is 190 g/mol. The molecule has 6 heteroatoms. The van der Waals surface area contributed by atoms with E-state index in [4.69, 9.17) is 15.4 Å². The number of carboxylic acids is 2. The van der Waals surface area contributed by atoms with Crippen LogP contribution in [0.5, 0.6) is 0 Å². The van der Waals surface area contributed by atoms with Crippen molar-refractivity contribution in [1.82, 2.24) is 0 Å². The van der Waals surface area contributed by atoms with E-state index in [9.17, 15) is 9.59 Å². The van der Waals surface area contributed by atoms with Crippen molar-refractivity contribution in [2.24, 2.45) is 0 Å². The Balaban J connectivity index is 3.43. The first kappa shape index (κ1) is 10.0. The van der Waals surface area contributed by atoms with E-state index in [2.05, 4.69) is 0 Å². The number of carbonyl (C=O) groups is 2. The maximum atomic E-state index is 10.7. The number of aromatic carboxylic acids is 2. The lowest BCUT2D eigenvalue weighted by molar-refractivity contribution is 0.0652. The number of hydrogen-bond acceptors (Lipinski definition) is 4. The topological polar surface area (TPSA) is 107 Å². The van der Waals surface area contributed by atoms with Crippen molar-refractivity contribution in [3.8, 4) is 0 Å². The highest BCUT2D eigenvalue weighted by molar-refractivity contribution is 6.05. The molecule has 0 saturated heterocycles. The molecule has 14 heavy (non-hydrogen) atoms. The highest BCUT2D eigenvalue weighted by atomic mass is 16.5. The number of anilines is 1. The predicted molar refractivity (Wildman–Crippen MR) is 45.8 cm³/mol. The molecule has 0 radical (unpaired) electrons. The van der Waals surface area contributed by atoms with E-state index in [1.807, 2.05) is 0 Å². The van der Waals surface area contributed by atoms with E-state index >= 15 is 0 Å². The van der Waals surface area contributed by atoms with Crippen LogP contribution in [0.4, 0.5) is 5.69 Å². The van der Waals surface area contributed by atoms with Crippen molar-refractivity contribution >= 4 is 17.6 Å². The molecule has 0 spiro atoms. The van der Waals surface area contributed by atoms with Crippen LogP contribution in [0.1, 0.15) is 20.7 Å². The highest BCUT2D eigenvalue weighted by Gasteiger charge is 2.19. The Morgan fingerprint density at radius 1 is 1.14 bits per heavy atom. The van der Waals surface area contributed by atoms with E-state index in [-0.39, 0.29) is 11.3 Å². The van der Waals surface area contributed by atoms with Crippen LogP contribution in [-0.2, 0) is 0 Å². The fraction of sp³-hybridized carbons (Fsp3) is 0. The fourth-order valence-electron chi connectivity index (χ4n) is 1.05. The smallest absolute Gasteiger partial charge is 0.338 e. The lowest BCUT2D eigenvalue weighted by Crippen LogP contribution is -2.11. The van der Waals surface area contributed by atoms with Gasteiger partial charge in [0.05, 0.1) is 16.8 Å². The average Bonchev–Trinajstić information content (AvgIpc) is 2.16. The van der Waals surface area contributed by atoms with Crippen LogP contribution in [0.3, 0.4) is 0 Å². The van der Waals surface area contributed by atoms with Gasteiger partial charge in [0.2, 0.25) is 0 Å². The minimum Gasteiger partial charge on any atom is -0.478 e. The predicted octanol–water partition coefficient (Wildman–Crippen LogP) is 0.884. The average molecular weight is 197 g/mol. The molecule has 1 aromatic rings. The molecule has 0 aliphatic heterocycles. The summed E-state index contributed by atoms with van der Waals surface area (Å²) in [4.78, 5) is 21.3. The largest absolute Gasteiger partial charge is 0.478 e. The number of benzene rings is 1. The van der Waals surface area contributed by atoms with E-state index in [1.165, 1.54) is 12.1 Å². The number of hydrogen-bond donors (Lipinski definition) is 4. The summed E-state index contributed by atoms with van der Waals surface area (Å²) < 4.78 is 0. The van der Waals surface area contributed by atoms with Crippen LogP contribution in [0, 0.1) is 0 Å². The zero-order valence-corrected chi connectivity index (χ0v) is 6.89. The summed E-state index contributed by atoms with van der Waals surface area (Å²) in [5.74, 6) is -2.78. The highest BCUT2D eigenvalue weighted by Crippen LogP contribution is 2.19. The zero-order chi connectivity index (χ0) is 10.7. The van der Waals surface area contributed by atoms with Crippen LogP contribution < -0.4 is 5.48 Å². The molecule has 0 aliphatic carbocycles. The Bertz CT molecular complexity index is 387. The van der Waals surface area contributed by atoms with Gasteiger partial charge < -0.3 is 10.2 Å². The van der Waals surface area contributed by atoms with Gasteiger partial charge in [0.1, 0.15) is 0 Å². The summed E-state index contributed by atoms with van der Waals surface area (Å²) >= 11 is 0. The van der Waals surface area contributed by atoms with Crippen molar-refractivity contribution in [3.63, 3.8) is 0 Å². The molecule has 6 nitrogen and oxygen atoms in total. The summed E-state index contributed by atoms with van der Waals surface area (Å²) in [5.41, 5.74) is 0.625. The van der Waals surface area contributed by atoms with Crippen molar-refractivity contribution in [1.29, 1.82) is 0 Å². The summed E-state index contributed by atoms with van der Waals surface area (Å²) in [6, 6.07) is 3.73. The zero-order valence-electron chi connectivity index (χ0n) is 6.89. The van der Waals surface area contributed by atoms with E-state index in [1.54, 1.807) is 5.48 Å². The van der Waals surface area contributed by atoms with Crippen LogP contribution in [0.15, 0.2) is 18.2 Å². The molecule has 0 bridgehead atoms. The summed E-state index contributed by atoms with van der Waals surface area (Å²) in [5, 5.41) is 25.9. The molecule has 0 unspecified atom stereocenters. The lowest BCUT2D eigenvalue weighted by atomic mass is 10.1. The van der Waals surface area contributed by atoms with E-state index < -0.39 is 17.5 Å². The quantitative estimate of drug-likeness (QED) is 0.536. The molecule has 1 rings (SSSR count). The van der Waals surface area contributed by atoms with Gasteiger partial charge >= 0.3 is 11.9 Å². The van der Waals surface area contributed by atoms with Gasteiger partial charge in [-0.05, 0) is 12.1 Å². The van der Waals surface area contributed by atoms with Crippen LogP contribution in [0.2, 0.25) is 0 Å². The molecule has 0 amide bonds. The van der Waals surface area contributed by atoms with Crippen molar-refractivity contribution < 1.29 is 25.0 Å². The molecule has 0 heterocycles. The van der Waals surface area contributed by atoms with E-state index in [0.29, 0.717) is 0 Å². The second-order valence-corrected chi connectivity index (χ2v) is 2.45. The Labute approximate surface area is 78.4 Å². The third kappa shape index (κ3) is 1.64. The third-order valence-electron chi connectivity index (χ3n) is 1.63. The number of nitrogens with one attached hydrogen (secondary N) is 1. The first-order valence-corrected chi connectivity index (χ1v) is 3.57. The molecule has 0 saturated carbocycles. The van der Waals surface area contributed by atoms with Gasteiger partial charge in [0, 0.05) is 0 Å². The SMILES string of the molecule is O=C(O)c1cccc(NO)c1C(=O)O. The van der Waals surface area contributed by atoms with Gasteiger partial charge in [0.15, 0.2) is 0 Å². The molecule has 74 valence electrons. The second-order valence-electron chi connectivity index (χ2n) is 2.45. The maximum absolute atomic E-state index is 10.7. The number of carboxylic acid groups (broad SMARTS) is 2. The van der Waals surface area contributed by atoms with Crippen LogP contribution >= 0.6 is 0 Å². The van der Waals surface area contributed by atoms with Crippen molar-refractivity contribution in [2.45, 2.75) is 0 Å². The minimum atomic E-state index is -1.42. The normalized spacial score (nSPS) is 9.50. The van der Waals surface area contributed by atoms with Crippen LogP contribution in [0.25, 0.3) is 0 Å². The monoisotopic (exact) mass is 197 g/mol. The molecule has 0 aliphatic rings. The Morgan fingerprint density at radius 3 is 2.21 bits per heavy atom. The molecule has 0 fully saturated rings. The molecule has 0 aromatic heterocycles. The van der Waals surface area contributed by atoms with Crippen molar-refractivity contribution in [2.75, 3.05) is 5.48 Å².